The number of pyridine rings is 1. The van der Waals surface area contributed by atoms with Gasteiger partial charge in [0.2, 0.25) is 0 Å². The lowest BCUT2D eigenvalue weighted by atomic mass is 10.3. The number of nitrogens with one attached hydrogen (secondary N) is 1. The second kappa shape index (κ2) is 5.95. The van der Waals surface area contributed by atoms with Crippen molar-refractivity contribution in [2.75, 3.05) is 25.6 Å². The predicted molar refractivity (Wildman–Crippen MR) is 60.3 cm³/mol. The average Bonchev–Trinajstić information content (AvgIpc) is 2.20. The van der Waals surface area contributed by atoms with E-state index in [1.165, 1.54) is 0 Å². The summed E-state index contributed by atoms with van der Waals surface area (Å²) < 4.78 is 5.97. The fourth-order valence-electron chi connectivity index (χ4n) is 1.04. The van der Waals surface area contributed by atoms with Crippen molar-refractivity contribution in [3.05, 3.63) is 22.8 Å². The van der Waals surface area contributed by atoms with E-state index in [0.29, 0.717) is 13.2 Å². The first-order valence-corrected chi connectivity index (χ1v) is 5.12. The number of methoxy groups -OCH3 is 1. The van der Waals surface area contributed by atoms with Gasteiger partial charge in [0, 0.05) is 24.3 Å². The fraction of sp³-hybridized carbons (Fsp3) is 0.444. The van der Waals surface area contributed by atoms with E-state index < -0.39 is 0 Å². The molecule has 0 saturated carbocycles. The molecule has 1 aromatic rings. The van der Waals surface area contributed by atoms with Crippen molar-refractivity contribution in [2.45, 2.75) is 6.04 Å². The molecule has 1 heterocycles. The van der Waals surface area contributed by atoms with Crippen LogP contribution in [0.2, 0.25) is 0 Å². The number of halogens is 1. The van der Waals surface area contributed by atoms with Gasteiger partial charge in [0.1, 0.15) is 5.82 Å². The molecule has 0 amide bonds. The summed E-state index contributed by atoms with van der Waals surface area (Å²) in [6.07, 6.45) is 1.74. The Hall–Kier alpha value is -0.650. The van der Waals surface area contributed by atoms with Crippen LogP contribution in [-0.2, 0) is 4.74 Å². The first kappa shape index (κ1) is 11.4. The van der Waals surface area contributed by atoms with Gasteiger partial charge in [-0.2, -0.15) is 0 Å². The van der Waals surface area contributed by atoms with E-state index in [1.807, 2.05) is 12.1 Å². The van der Waals surface area contributed by atoms with Gasteiger partial charge in [-0.1, -0.05) is 0 Å². The van der Waals surface area contributed by atoms with Gasteiger partial charge >= 0.3 is 0 Å². The van der Waals surface area contributed by atoms with Crippen LogP contribution in [0.4, 0.5) is 5.82 Å². The van der Waals surface area contributed by atoms with Crippen LogP contribution >= 0.6 is 15.9 Å². The van der Waals surface area contributed by atoms with Gasteiger partial charge in [0.15, 0.2) is 0 Å². The van der Waals surface area contributed by atoms with Crippen LogP contribution in [-0.4, -0.2) is 31.3 Å². The SMILES string of the molecule is COCC(CN)Nc1ccc(Br)cn1. The maximum Gasteiger partial charge on any atom is 0.126 e. The summed E-state index contributed by atoms with van der Waals surface area (Å²) in [5, 5.41) is 3.17. The Morgan fingerprint density at radius 3 is 2.93 bits per heavy atom. The van der Waals surface area contributed by atoms with Crippen molar-refractivity contribution < 1.29 is 4.74 Å². The molecule has 0 saturated heterocycles. The molecule has 0 bridgehead atoms. The highest BCUT2D eigenvalue weighted by atomic mass is 79.9. The molecule has 3 N–H and O–H groups in total. The molecule has 0 spiro atoms. The minimum atomic E-state index is 0.105. The summed E-state index contributed by atoms with van der Waals surface area (Å²) in [5.41, 5.74) is 5.56. The molecule has 0 aliphatic rings. The number of hydrogen-bond donors (Lipinski definition) is 2. The van der Waals surface area contributed by atoms with Crippen LogP contribution in [0, 0.1) is 0 Å². The molecule has 78 valence electrons. The lowest BCUT2D eigenvalue weighted by Crippen LogP contribution is -2.33. The molecule has 0 fully saturated rings. The van der Waals surface area contributed by atoms with Crippen molar-refractivity contribution in [2.24, 2.45) is 5.73 Å². The number of rotatable bonds is 5. The average molecular weight is 260 g/mol. The fourth-order valence-corrected chi connectivity index (χ4v) is 1.27. The summed E-state index contributed by atoms with van der Waals surface area (Å²) in [4.78, 5) is 4.18. The standard InChI is InChI=1S/C9H14BrN3O/c1-14-6-8(4-11)13-9-3-2-7(10)5-12-9/h2-3,5,8H,4,6,11H2,1H3,(H,12,13). The molecular formula is C9H14BrN3O. The first-order valence-electron chi connectivity index (χ1n) is 4.33. The highest BCUT2D eigenvalue weighted by molar-refractivity contribution is 9.10. The minimum Gasteiger partial charge on any atom is -0.383 e. The van der Waals surface area contributed by atoms with Gasteiger partial charge in [0.05, 0.1) is 12.6 Å². The molecule has 5 heteroatoms. The second-order valence-corrected chi connectivity index (χ2v) is 3.81. The number of hydrogen-bond acceptors (Lipinski definition) is 4. The van der Waals surface area contributed by atoms with E-state index in [1.54, 1.807) is 13.3 Å². The molecule has 0 aliphatic carbocycles. The van der Waals surface area contributed by atoms with E-state index in [4.69, 9.17) is 10.5 Å². The van der Waals surface area contributed by atoms with Crippen LogP contribution in [0.5, 0.6) is 0 Å². The normalized spacial score (nSPS) is 12.5. The monoisotopic (exact) mass is 259 g/mol. The summed E-state index contributed by atoms with van der Waals surface area (Å²) in [7, 11) is 1.65. The van der Waals surface area contributed by atoms with Gasteiger partial charge < -0.3 is 15.8 Å². The number of nitrogens with zero attached hydrogens (tertiary/aromatic N) is 1. The van der Waals surface area contributed by atoms with Gasteiger partial charge in [-0.05, 0) is 28.1 Å². The van der Waals surface area contributed by atoms with E-state index in [0.717, 1.165) is 10.3 Å². The van der Waals surface area contributed by atoms with Crippen molar-refractivity contribution in [1.29, 1.82) is 0 Å². The molecule has 1 unspecified atom stereocenters. The van der Waals surface area contributed by atoms with Crippen LogP contribution in [0.3, 0.4) is 0 Å². The van der Waals surface area contributed by atoms with E-state index >= 15 is 0 Å². The molecule has 1 aromatic heterocycles. The molecule has 4 nitrogen and oxygen atoms in total. The van der Waals surface area contributed by atoms with Gasteiger partial charge in [0.25, 0.3) is 0 Å². The molecule has 1 atom stereocenters. The summed E-state index contributed by atoms with van der Waals surface area (Å²) in [6, 6.07) is 3.92. The van der Waals surface area contributed by atoms with E-state index in [-0.39, 0.29) is 6.04 Å². The minimum absolute atomic E-state index is 0.105. The Kier molecular flexibility index (Phi) is 4.86. The summed E-state index contributed by atoms with van der Waals surface area (Å²) >= 11 is 3.32. The van der Waals surface area contributed by atoms with Crippen LogP contribution < -0.4 is 11.1 Å². The zero-order valence-electron chi connectivity index (χ0n) is 8.03. The maximum atomic E-state index is 5.56. The molecule has 0 radical (unpaired) electrons. The van der Waals surface area contributed by atoms with Crippen molar-refractivity contribution >= 4 is 21.7 Å². The number of nitrogens with two attached hydrogens (primary N) is 1. The molecule has 14 heavy (non-hydrogen) atoms. The number of ether oxygens (including phenoxy) is 1. The second-order valence-electron chi connectivity index (χ2n) is 2.89. The lowest BCUT2D eigenvalue weighted by Gasteiger charge is -2.16. The van der Waals surface area contributed by atoms with E-state index in [2.05, 4.69) is 26.2 Å². The van der Waals surface area contributed by atoms with Crippen LogP contribution in [0.1, 0.15) is 0 Å². The van der Waals surface area contributed by atoms with Crippen molar-refractivity contribution in [3.63, 3.8) is 0 Å². The maximum absolute atomic E-state index is 5.56. The topological polar surface area (TPSA) is 60.2 Å². The Balaban J connectivity index is 2.53. The zero-order chi connectivity index (χ0) is 10.4. The number of aromatic nitrogens is 1. The Morgan fingerprint density at radius 2 is 2.43 bits per heavy atom. The molecule has 1 rings (SSSR count). The van der Waals surface area contributed by atoms with Crippen molar-refractivity contribution in [1.82, 2.24) is 4.98 Å². The van der Waals surface area contributed by atoms with Gasteiger partial charge in [-0.3, -0.25) is 0 Å². The highest BCUT2D eigenvalue weighted by Crippen LogP contribution is 2.11. The third-order valence-electron chi connectivity index (χ3n) is 1.73. The quantitative estimate of drug-likeness (QED) is 0.836. The number of anilines is 1. The first-order chi connectivity index (χ1) is 6.76. The molecule has 0 aromatic carbocycles. The Morgan fingerprint density at radius 1 is 1.64 bits per heavy atom. The Bertz CT molecular complexity index is 265. The lowest BCUT2D eigenvalue weighted by molar-refractivity contribution is 0.187. The van der Waals surface area contributed by atoms with Crippen LogP contribution in [0.25, 0.3) is 0 Å². The molecular weight excluding hydrogens is 246 g/mol. The predicted octanol–water partition coefficient (Wildman–Crippen LogP) is 1.23. The smallest absolute Gasteiger partial charge is 0.126 e. The summed E-state index contributed by atoms with van der Waals surface area (Å²) in [5.74, 6) is 0.806. The van der Waals surface area contributed by atoms with Crippen LogP contribution in [0.15, 0.2) is 22.8 Å². The molecule has 0 aliphatic heterocycles. The third kappa shape index (κ3) is 3.61. The summed E-state index contributed by atoms with van der Waals surface area (Å²) in [6.45, 7) is 1.10. The van der Waals surface area contributed by atoms with Gasteiger partial charge in [-0.15, -0.1) is 0 Å². The Labute approximate surface area is 92.0 Å². The van der Waals surface area contributed by atoms with Gasteiger partial charge in [-0.25, -0.2) is 4.98 Å². The zero-order valence-corrected chi connectivity index (χ0v) is 9.62. The van der Waals surface area contributed by atoms with Crippen molar-refractivity contribution in [3.8, 4) is 0 Å². The third-order valence-corrected chi connectivity index (χ3v) is 2.20. The van der Waals surface area contributed by atoms with E-state index in [9.17, 15) is 0 Å². The largest absolute Gasteiger partial charge is 0.383 e. The highest BCUT2D eigenvalue weighted by Gasteiger charge is 2.05.